The average molecular weight is 437 g/mol. The van der Waals surface area contributed by atoms with Crippen molar-refractivity contribution in [3.63, 3.8) is 0 Å². The maximum absolute atomic E-state index is 12.5. The molecule has 2 aromatic carbocycles. The summed E-state index contributed by atoms with van der Waals surface area (Å²) >= 11 is 0. The summed E-state index contributed by atoms with van der Waals surface area (Å²) in [5.41, 5.74) is 3.02. The molecule has 0 atom stereocenters. The van der Waals surface area contributed by atoms with E-state index in [9.17, 15) is 9.59 Å². The summed E-state index contributed by atoms with van der Waals surface area (Å²) in [7, 11) is 0. The maximum Gasteiger partial charge on any atom is 0.251 e. The molecule has 1 heterocycles. The molecule has 2 aromatic rings. The minimum atomic E-state index is -0.130. The van der Waals surface area contributed by atoms with Crippen molar-refractivity contribution in [3.05, 3.63) is 65.7 Å². The first-order valence-electron chi connectivity index (χ1n) is 11.7. The molecular formula is C26H36N4O2. The van der Waals surface area contributed by atoms with Gasteiger partial charge >= 0.3 is 0 Å². The van der Waals surface area contributed by atoms with Crippen molar-refractivity contribution in [1.82, 2.24) is 15.1 Å². The van der Waals surface area contributed by atoms with Gasteiger partial charge < -0.3 is 15.1 Å². The summed E-state index contributed by atoms with van der Waals surface area (Å²) in [6.07, 6.45) is 0.328. The number of nitrogens with one attached hydrogen (secondary N) is 1. The van der Waals surface area contributed by atoms with E-state index in [1.54, 1.807) is 0 Å². The van der Waals surface area contributed by atoms with Gasteiger partial charge in [-0.1, -0.05) is 37.3 Å². The summed E-state index contributed by atoms with van der Waals surface area (Å²) in [5.74, 6) is -0.0313. The smallest absolute Gasteiger partial charge is 0.251 e. The Morgan fingerprint density at radius 3 is 2.22 bits per heavy atom. The number of anilines is 1. The van der Waals surface area contributed by atoms with Crippen molar-refractivity contribution in [1.29, 1.82) is 0 Å². The second-order valence-corrected chi connectivity index (χ2v) is 8.56. The molecule has 172 valence electrons. The van der Waals surface area contributed by atoms with Crippen LogP contribution < -0.4 is 10.2 Å². The van der Waals surface area contributed by atoms with E-state index in [2.05, 4.69) is 48.0 Å². The van der Waals surface area contributed by atoms with Crippen LogP contribution in [-0.2, 0) is 11.3 Å². The molecule has 6 heteroatoms. The van der Waals surface area contributed by atoms with Crippen LogP contribution in [0.4, 0.5) is 5.69 Å². The van der Waals surface area contributed by atoms with Crippen molar-refractivity contribution in [2.45, 2.75) is 39.8 Å². The lowest BCUT2D eigenvalue weighted by Crippen LogP contribution is -2.49. The lowest BCUT2D eigenvalue weighted by molar-refractivity contribution is -0.131. The van der Waals surface area contributed by atoms with E-state index in [1.165, 1.54) is 11.3 Å². The predicted molar refractivity (Wildman–Crippen MR) is 130 cm³/mol. The first-order valence-corrected chi connectivity index (χ1v) is 11.7. The van der Waals surface area contributed by atoms with Crippen molar-refractivity contribution >= 4 is 17.5 Å². The van der Waals surface area contributed by atoms with E-state index < -0.39 is 0 Å². The van der Waals surface area contributed by atoms with Crippen molar-refractivity contribution < 1.29 is 9.59 Å². The zero-order valence-corrected chi connectivity index (χ0v) is 19.6. The van der Waals surface area contributed by atoms with Crippen LogP contribution in [-0.4, -0.2) is 66.9 Å². The Morgan fingerprint density at radius 2 is 1.62 bits per heavy atom. The quantitative estimate of drug-likeness (QED) is 0.655. The molecule has 32 heavy (non-hydrogen) atoms. The van der Waals surface area contributed by atoms with Crippen LogP contribution in [0.3, 0.4) is 0 Å². The molecule has 2 amide bonds. The summed E-state index contributed by atoms with van der Waals surface area (Å²) in [6, 6.07) is 18.5. The highest BCUT2D eigenvalue weighted by molar-refractivity contribution is 5.94. The van der Waals surface area contributed by atoms with Crippen LogP contribution in [0.5, 0.6) is 0 Å². The number of carbonyl (C=O) groups excluding carboxylic acids is 2. The lowest BCUT2D eigenvalue weighted by atomic mass is 10.1. The van der Waals surface area contributed by atoms with Gasteiger partial charge in [-0.15, -0.1) is 0 Å². The van der Waals surface area contributed by atoms with Crippen LogP contribution in [0.1, 0.15) is 43.1 Å². The van der Waals surface area contributed by atoms with Gasteiger partial charge in [0.15, 0.2) is 0 Å². The van der Waals surface area contributed by atoms with Crippen molar-refractivity contribution in [3.8, 4) is 0 Å². The third-order valence-electron chi connectivity index (χ3n) is 6.12. The number of carbonyl (C=O) groups is 2. The summed E-state index contributed by atoms with van der Waals surface area (Å²) in [6.45, 7) is 11.9. The number of nitrogens with zero attached hydrogens (tertiary/aromatic N) is 3. The third kappa shape index (κ3) is 6.57. The zero-order valence-electron chi connectivity index (χ0n) is 19.6. The molecule has 3 rings (SSSR count). The number of piperazine rings is 1. The van der Waals surface area contributed by atoms with Crippen molar-refractivity contribution in [2.24, 2.45) is 0 Å². The lowest BCUT2D eigenvalue weighted by Gasteiger charge is -2.36. The molecule has 1 aliphatic heterocycles. The standard InChI is InChI=1S/C26H36N4O2/c1-4-28(21(2)3)20-22-10-12-23(13-11-22)26(32)27-15-14-25(31)30-18-16-29(17-19-30)24-8-6-5-7-9-24/h5-13,21H,4,14-20H2,1-3H3,(H,27,32). The van der Waals surface area contributed by atoms with Gasteiger partial charge in [0, 0.05) is 63.0 Å². The Bertz CT molecular complexity index is 859. The molecular weight excluding hydrogens is 400 g/mol. The van der Waals surface area contributed by atoms with Gasteiger partial charge in [-0.05, 0) is 50.2 Å². The van der Waals surface area contributed by atoms with Gasteiger partial charge in [0.2, 0.25) is 5.91 Å². The van der Waals surface area contributed by atoms with E-state index in [0.29, 0.717) is 37.7 Å². The normalized spacial score (nSPS) is 14.2. The second-order valence-electron chi connectivity index (χ2n) is 8.56. The van der Waals surface area contributed by atoms with E-state index in [1.807, 2.05) is 47.4 Å². The maximum atomic E-state index is 12.5. The Kier molecular flexibility index (Phi) is 8.68. The van der Waals surface area contributed by atoms with E-state index in [0.717, 1.165) is 26.2 Å². The SMILES string of the molecule is CCN(Cc1ccc(C(=O)NCCC(=O)N2CCN(c3ccccc3)CC2)cc1)C(C)C. The number of rotatable bonds is 9. The van der Waals surface area contributed by atoms with E-state index in [-0.39, 0.29) is 11.8 Å². The number of hydrogen-bond acceptors (Lipinski definition) is 4. The highest BCUT2D eigenvalue weighted by Gasteiger charge is 2.21. The van der Waals surface area contributed by atoms with Gasteiger partial charge in [-0.25, -0.2) is 0 Å². The predicted octanol–water partition coefficient (Wildman–Crippen LogP) is 3.39. The van der Waals surface area contributed by atoms with E-state index >= 15 is 0 Å². The van der Waals surface area contributed by atoms with Crippen LogP contribution >= 0.6 is 0 Å². The Morgan fingerprint density at radius 1 is 0.969 bits per heavy atom. The van der Waals surface area contributed by atoms with Gasteiger partial charge in [0.05, 0.1) is 0 Å². The fourth-order valence-electron chi connectivity index (χ4n) is 4.05. The number of hydrogen-bond donors (Lipinski definition) is 1. The van der Waals surface area contributed by atoms with Crippen LogP contribution in [0.15, 0.2) is 54.6 Å². The summed E-state index contributed by atoms with van der Waals surface area (Å²) in [4.78, 5) is 31.6. The van der Waals surface area contributed by atoms with Crippen LogP contribution in [0.25, 0.3) is 0 Å². The Hall–Kier alpha value is -2.86. The summed E-state index contributed by atoms with van der Waals surface area (Å²) in [5, 5.41) is 2.89. The minimum Gasteiger partial charge on any atom is -0.368 e. The average Bonchev–Trinajstić information content (AvgIpc) is 2.83. The molecule has 1 aliphatic rings. The van der Waals surface area contributed by atoms with Gasteiger partial charge in [-0.3, -0.25) is 14.5 Å². The molecule has 0 aromatic heterocycles. The molecule has 0 aliphatic carbocycles. The molecule has 0 radical (unpaired) electrons. The van der Waals surface area contributed by atoms with Crippen molar-refractivity contribution in [2.75, 3.05) is 44.2 Å². The Balaban J connectivity index is 1.39. The first kappa shape index (κ1) is 23.8. The van der Waals surface area contributed by atoms with Gasteiger partial charge in [-0.2, -0.15) is 0 Å². The molecule has 0 bridgehead atoms. The zero-order chi connectivity index (χ0) is 22.9. The molecule has 1 fully saturated rings. The first-order chi connectivity index (χ1) is 15.5. The second kappa shape index (κ2) is 11.7. The van der Waals surface area contributed by atoms with E-state index in [4.69, 9.17) is 0 Å². The van der Waals surface area contributed by atoms with Gasteiger partial charge in [0.25, 0.3) is 5.91 Å². The third-order valence-corrected chi connectivity index (χ3v) is 6.12. The summed E-state index contributed by atoms with van der Waals surface area (Å²) < 4.78 is 0. The molecule has 0 saturated carbocycles. The fourth-order valence-corrected chi connectivity index (χ4v) is 4.05. The fraction of sp³-hybridized carbons (Fsp3) is 0.462. The molecule has 0 unspecified atom stereocenters. The number of para-hydroxylation sites is 1. The molecule has 6 nitrogen and oxygen atoms in total. The monoisotopic (exact) mass is 436 g/mol. The highest BCUT2D eigenvalue weighted by atomic mass is 16.2. The molecule has 1 N–H and O–H groups in total. The van der Waals surface area contributed by atoms with Crippen LogP contribution in [0, 0.1) is 0 Å². The van der Waals surface area contributed by atoms with Gasteiger partial charge in [0.1, 0.15) is 0 Å². The topological polar surface area (TPSA) is 55.9 Å². The largest absolute Gasteiger partial charge is 0.368 e. The number of benzene rings is 2. The minimum absolute atomic E-state index is 0.0988. The Labute approximate surface area is 192 Å². The molecule has 0 spiro atoms. The molecule has 1 saturated heterocycles. The number of amides is 2. The van der Waals surface area contributed by atoms with Crippen LogP contribution in [0.2, 0.25) is 0 Å². The highest BCUT2D eigenvalue weighted by Crippen LogP contribution is 2.16.